The van der Waals surface area contributed by atoms with Gasteiger partial charge in [0.1, 0.15) is 17.8 Å². The summed E-state index contributed by atoms with van der Waals surface area (Å²) in [5.41, 5.74) is 55.2. The van der Waals surface area contributed by atoms with Gasteiger partial charge in [0.15, 0.2) is 6.61 Å². The van der Waals surface area contributed by atoms with E-state index in [0.717, 1.165) is 36.8 Å². The van der Waals surface area contributed by atoms with E-state index in [4.69, 9.17) is 88.5 Å². The highest BCUT2D eigenvalue weighted by molar-refractivity contribution is 5.91. The van der Waals surface area contributed by atoms with Gasteiger partial charge in [-0.05, 0) is 196 Å². The lowest BCUT2D eigenvalue weighted by Gasteiger charge is -2.26. The molecule has 2 aromatic carbocycles. The van der Waals surface area contributed by atoms with Crippen LogP contribution in [-0.2, 0) is 76.3 Å². The van der Waals surface area contributed by atoms with Crippen molar-refractivity contribution in [3.8, 4) is 16.9 Å². The van der Waals surface area contributed by atoms with Gasteiger partial charge < -0.3 is 131 Å². The van der Waals surface area contributed by atoms with Crippen LogP contribution in [0, 0.1) is 34.6 Å². The molecule has 0 saturated carbocycles. The number of carbonyl (C=O) groups excluding carboxylic acids is 8. The number of amides is 8. The number of rotatable bonds is 71. The van der Waals surface area contributed by atoms with E-state index in [-0.39, 0.29) is 95.5 Å². The summed E-state index contributed by atoms with van der Waals surface area (Å²) in [5.74, 6) is -2.49. The summed E-state index contributed by atoms with van der Waals surface area (Å²) in [7, 11) is 0. The zero-order valence-corrected chi connectivity index (χ0v) is 67.5. The Bertz CT molecular complexity index is 2780. The van der Waals surface area contributed by atoms with E-state index >= 15 is 0 Å². The number of carbonyl (C=O) groups is 8. The maximum Gasteiger partial charge on any atom is 0.258 e. The molecule has 0 aliphatic rings. The molecule has 6 atom stereocenters. The molecule has 111 heavy (non-hydrogen) atoms. The van der Waals surface area contributed by atoms with Crippen LogP contribution in [0.15, 0.2) is 24.3 Å². The Labute approximate surface area is 659 Å². The summed E-state index contributed by atoms with van der Waals surface area (Å²) >= 11 is 0. The number of unbranched alkanes of at least 4 members (excludes halogenated alkanes) is 6. The van der Waals surface area contributed by atoms with Gasteiger partial charge in [0.2, 0.25) is 41.4 Å². The van der Waals surface area contributed by atoms with Gasteiger partial charge >= 0.3 is 0 Å². The van der Waals surface area contributed by atoms with E-state index < -0.39 is 59.9 Å². The Balaban J connectivity index is 1.80. The minimum absolute atomic E-state index is 0.00392. The number of benzene rings is 2. The molecule has 6 unspecified atom stereocenters. The molecule has 0 fully saturated rings. The van der Waals surface area contributed by atoms with Crippen LogP contribution < -0.4 is 87.8 Å². The van der Waals surface area contributed by atoms with Crippen LogP contribution >= 0.6 is 0 Å². The Hall–Kier alpha value is -6.64. The third kappa shape index (κ3) is 48.2. The van der Waals surface area contributed by atoms with Crippen molar-refractivity contribution in [3.05, 3.63) is 52.1 Å². The Morgan fingerprint density at radius 1 is 0.351 bits per heavy atom. The minimum Gasteiger partial charge on any atom is -0.483 e. The highest BCUT2D eigenvalue weighted by Crippen LogP contribution is 2.35. The third-order valence-corrected chi connectivity index (χ3v) is 18.1. The normalized spacial score (nSPS) is 13.0. The molecular formula is C78H142N16O17. The topological polar surface area (TPSA) is 515 Å². The van der Waals surface area contributed by atoms with Crippen LogP contribution in [0.5, 0.6) is 5.75 Å². The van der Waals surface area contributed by atoms with Gasteiger partial charge in [-0.15, -0.1) is 0 Å². The number of nitrogens with one attached hydrogen (secondary N) is 7. The van der Waals surface area contributed by atoms with Crippen LogP contribution in [0.1, 0.15) is 150 Å². The lowest BCUT2D eigenvalue weighted by Crippen LogP contribution is -2.53. The molecular weight excluding hydrogens is 1430 g/mol. The van der Waals surface area contributed by atoms with Gasteiger partial charge in [-0.3, -0.25) is 38.4 Å². The third-order valence-electron chi connectivity index (χ3n) is 18.1. The van der Waals surface area contributed by atoms with Gasteiger partial charge in [0.05, 0.1) is 136 Å². The van der Waals surface area contributed by atoms with E-state index in [0.29, 0.717) is 215 Å². The molecule has 0 heterocycles. The first-order chi connectivity index (χ1) is 53.6. The number of ether oxygens (including phenoxy) is 9. The van der Waals surface area contributed by atoms with Crippen LogP contribution in [0.2, 0.25) is 0 Å². The highest BCUT2D eigenvalue weighted by Gasteiger charge is 2.27. The molecule has 33 heteroatoms. The second-order valence-electron chi connectivity index (χ2n) is 27.7. The van der Waals surface area contributed by atoms with Crippen molar-refractivity contribution in [1.82, 2.24) is 42.1 Å². The van der Waals surface area contributed by atoms with Crippen molar-refractivity contribution in [2.75, 3.05) is 184 Å². The number of aryl methyl sites for hydroxylation is 5. The smallest absolute Gasteiger partial charge is 0.258 e. The SMILES string of the molecule is Cc1cc(C)c(-c2cc(C)c(OCC(=O)NCCOCCOCCOCCOCCOCCOCCOCCOCCC(=O)N(CCNC(=O)C(CCCCNC(=O)C(N)CCCCN)NC(=O)C(N)CCCCN)CCNC(=O)C(CCCCNC(=O)C(N)CCCCN)NC(=O)C(N)CCCCN)cc2C)c(C)c1. The second-order valence-corrected chi connectivity index (χ2v) is 27.7. The zero-order chi connectivity index (χ0) is 81.7. The van der Waals surface area contributed by atoms with Crippen molar-refractivity contribution < 1.29 is 81.0 Å². The van der Waals surface area contributed by atoms with Gasteiger partial charge in [-0.2, -0.15) is 0 Å². The number of nitrogens with zero attached hydrogens (tertiary/aromatic N) is 1. The minimum atomic E-state index is -0.999. The van der Waals surface area contributed by atoms with Crippen molar-refractivity contribution in [2.24, 2.45) is 45.9 Å². The lowest BCUT2D eigenvalue weighted by molar-refractivity contribution is -0.134. The first-order valence-corrected chi connectivity index (χ1v) is 40.1. The van der Waals surface area contributed by atoms with Crippen LogP contribution in [0.4, 0.5) is 0 Å². The van der Waals surface area contributed by atoms with E-state index in [1.807, 2.05) is 13.0 Å². The molecule has 636 valence electrons. The average Bonchev–Trinajstić information content (AvgIpc) is 0.792. The van der Waals surface area contributed by atoms with Crippen molar-refractivity contribution in [2.45, 2.75) is 193 Å². The predicted molar refractivity (Wildman–Crippen MR) is 429 cm³/mol. The molecule has 0 aromatic heterocycles. The van der Waals surface area contributed by atoms with E-state index in [2.05, 4.69) is 83.1 Å². The average molecular weight is 1580 g/mol. The molecule has 8 amide bonds. The summed E-state index contributed by atoms with van der Waals surface area (Å²) in [5, 5.41) is 19.8. The summed E-state index contributed by atoms with van der Waals surface area (Å²) < 4.78 is 50.9. The molecule has 0 aliphatic heterocycles. The summed E-state index contributed by atoms with van der Waals surface area (Å²) in [6, 6.07) is 3.41. The number of hydrogen-bond acceptors (Lipinski definition) is 25. The highest BCUT2D eigenvalue weighted by atomic mass is 16.6. The zero-order valence-electron chi connectivity index (χ0n) is 67.5. The van der Waals surface area contributed by atoms with E-state index in [1.54, 1.807) is 0 Å². The first-order valence-electron chi connectivity index (χ1n) is 40.1. The molecule has 0 spiro atoms. The molecule has 0 saturated heterocycles. The fraction of sp³-hybridized carbons (Fsp3) is 0.744. The van der Waals surface area contributed by atoms with Crippen molar-refractivity contribution in [3.63, 3.8) is 0 Å². The van der Waals surface area contributed by atoms with Gasteiger partial charge in [-0.25, -0.2) is 0 Å². The van der Waals surface area contributed by atoms with Gasteiger partial charge in [0, 0.05) is 45.8 Å². The fourth-order valence-electron chi connectivity index (χ4n) is 11.8. The Kier molecular flexibility index (Phi) is 58.6. The van der Waals surface area contributed by atoms with Crippen molar-refractivity contribution >= 4 is 47.3 Å². The molecule has 0 radical (unpaired) electrons. The molecule has 23 N–H and O–H groups in total. The standard InChI is InChI=1S/C78H142N16O17/c1-57-52-60(4)72(61(5)53-57)62-54-59(3)69(55-58(62)2)111-56-70(95)87-33-37-104-39-41-106-43-45-108-47-49-110-51-50-109-48-46-107-44-42-105-40-38-103-36-24-71(96)94(34-31-90-77(101)67(92-75(99)65(85)20-8-14-27-81)22-10-16-29-88-73(97)63(83)18-6-12-25-79)35-32-91-78(102)68(93-76(100)66(86)21-9-15-28-82)23-11-17-30-89-74(98)64(84)19-7-13-26-80/h52-55,63-68H,6-51,56,79-86H2,1-5H3,(H,87,95)(H,88,97)(H,89,98)(H,90,101)(H,91,102)(H,92,99)(H,93,100). The number of hydrogen-bond donors (Lipinski definition) is 15. The number of nitrogens with two attached hydrogens (primary N) is 8. The monoisotopic (exact) mass is 1580 g/mol. The molecule has 0 aliphatic carbocycles. The summed E-state index contributed by atoms with van der Waals surface area (Å²) in [6.07, 6.45) is 9.53. The largest absolute Gasteiger partial charge is 0.483 e. The van der Waals surface area contributed by atoms with E-state index in [9.17, 15) is 38.4 Å². The molecule has 2 aromatic rings. The summed E-state index contributed by atoms with van der Waals surface area (Å²) in [6.45, 7) is 18.4. The maximum absolute atomic E-state index is 13.9. The van der Waals surface area contributed by atoms with Crippen LogP contribution in [0.25, 0.3) is 11.1 Å². The second kappa shape index (κ2) is 64.7. The first kappa shape index (κ1) is 100. The molecule has 2 rings (SSSR count). The summed E-state index contributed by atoms with van der Waals surface area (Å²) in [4.78, 5) is 107. The lowest BCUT2D eigenvalue weighted by atomic mass is 9.90. The van der Waals surface area contributed by atoms with Gasteiger partial charge in [-0.1, -0.05) is 43.4 Å². The quantitative estimate of drug-likeness (QED) is 0.0397. The van der Waals surface area contributed by atoms with Crippen molar-refractivity contribution in [1.29, 1.82) is 0 Å². The van der Waals surface area contributed by atoms with Gasteiger partial charge in [0.25, 0.3) is 5.91 Å². The Morgan fingerprint density at radius 2 is 0.694 bits per heavy atom. The van der Waals surface area contributed by atoms with E-state index in [1.165, 1.54) is 32.7 Å². The van der Waals surface area contributed by atoms with Crippen LogP contribution in [0.3, 0.4) is 0 Å². The molecule has 33 nitrogen and oxygen atoms in total. The Morgan fingerprint density at radius 3 is 1.07 bits per heavy atom. The van der Waals surface area contributed by atoms with Crippen LogP contribution in [-0.4, -0.2) is 273 Å². The maximum atomic E-state index is 13.9. The fourth-order valence-corrected chi connectivity index (χ4v) is 11.8. The molecule has 0 bridgehead atoms. The predicted octanol–water partition coefficient (Wildman–Crippen LogP) is 0.342.